The van der Waals surface area contributed by atoms with Gasteiger partial charge < -0.3 is 0 Å². The third kappa shape index (κ3) is 4.50. The fourth-order valence-corrected chi connectivity index (χ4v) is 1.94. The first kappa shape index (κ1) is 16.5. The van der Waals surface area contributed by atoms with E-state index in [4.69, 9.17) is 5.26 Å². The highest BCUT2D eigenvalue weighted by atomic mass is 16.6. The number of hydrogen-bond acceptors (Lipinski definition) is 6. The Morgan fingerprint density at radius 3 is 2.48 bits per heavy atom. The lowest BCUT2D eigenvalue weighted by Crippen LogP contribution is -2.27. The smallest absolute Gasteiger partial charge is 0.280 e. The number of benzene rings is 1. The first-order chi connectivity index (χ1) is 9.88. The Labute approximate surface area is 121 Å². The number of nitriles is 1. The van der Waals surface area contributed by atoms with E-state index in [2.05, 4.69) is 6.07 Å². The molecule has 21 heavy (non-hydrogen) atoms. The van der Waals surface area contributed by atoms with Gasteiger partial charge in [0.05, 0.1) is 27.9 Å². The highest BCUT2D eigenvalue weighted by Gasteiger charge is 2.21. The molecule has 0 aliphatic carbocycles. The molecule has 1 rings (SSSR count). The van der Waals surface area contributed by atoms with Gasteiger partial charge >= 0.3 is 0 Å². The Kier molecular flexibility index (Phi) is 5.75. The molecule has 0 aromatic heterocycles. The van der Waals surface area contributed by atoms with E-state index < -0.39 is 9.85 Å². The molecule has 0 spiro atoms. The summed E-state index contributed by atoms with van der Waals surface area (Å²) in [4.78, 5) is 22.4. The highest BCUT2D eigenvalue weighted by Crippen LogP contribution is 2.25. The predicted octanol–water partition coefficient (Wildman–Crippen LogP) is 2.48. The van der Waals surface area contributed by atoms with Gasteiger partial charge in [0.15, 0.2) is 0 Å². The Balaban J connectivity index is 3.04. The standard InChI is InChI=1S/C13H16N4O4/c1-3-15(8-10(2)7-14)9-11-4-5-12(16(18)19)6-13(11)17(20)21/h4-6,10H,3,8-9H2,1-2H3. The summed E-state index contributed by atoms with van der Waals surface area (Å²) < 4.78 is 0. The van der Waals surface area contributed by atoms with Crippen LogP contribution in [0.3, 0.4) is 0 Å². The summed E-state index contributed by atoms with van der Waals surface area (Å²) in [5.74, 6) is -0.193. The molecule has 8 nitrogen and oxygen atoms in total. The predicted molar refractivity (Wildman–Crippen MR) is 75.5 cm³/mol. The van der Waals surface area contributed by atoms with Crippen LogP contribution in [0.1, 0.15) is 19.4 Å². The summed E-state index contributed by atoms with van der Waals surface area (Å²) in [6, 6.07) is 5.73. The third-order valence-corrected chi connectivity index (χ3v) is 3.07. The van der Waals surface area contributed by atoms with Crippen molar-refractivity contribution in [2.24, 2.45) is 5.92 Å². The molecular formula is C13H16N4O4. The minimum absolute atomic E-state index is 0.193. The number of hydrogen-bond donors (Lipinski definition) is 0. The van der Waals surface area contributed by atoms with Gasteiger partial charge in [-0.1, -0.05) is 6.92 Å². The number of nitrogens with zero attached hydrogens (tertiary/aromatic N) is 4. The molecule has 0 N–H and O–H groups in total. The van der Waals surface area contributed by atoms with Crippen molar-refractivity contribution in [2.45, 2.75) is 20.4 Å². The van der Waals surface area contributed by atoms with Gasteiger partial charge in [-0.25, -0.2) is 0 Å². The van der Waals surface area contributed by atoms with E-state index >= 15 is 0 Å². The molecule has 0 saturated carbocycles. The minimum atomic E-state index is -0.661. The van der Waals surface area contributed by atoms with Crippen LogP contribution in [-0.4, -0.2) is 27.8 Å². The Morgan fingerprint density at radius 2 is 2.00 bits per heavy atom. The van der Waals surface area contributed by atoms with E-state index in [0.717, 1.165) is 6.07 Å². The molecule has 1 aromatic rings. The van der Waals surface area contributed by atoms with Crippen LogP contribution in [0.5, 0.6) is 0 Å². The summed E-state index contributed by atoms with van der Waals surface area (Å²) >= 11 is 0. The molecule has 0 fully saturated rings. The van der Waals surface area contributed by atoms with Gasteiger partial charge in [0.25, 0.3) is 11.4 Å². The lowest BCUT2D eigenvalue weighted by atomic mass is 10.1. The summed E-state index contributed by atoms with van der Waals surface area (Å²) in [6.07, 6.45) is 0. The van der Waals surface area contributed by atoms with Gasteiger partial charge in [-0.05, 0) is 19.5 Å². The largest absolute Gasteiger partial charge is 0.298 e. The van der Waals surface area contributed by atoms with Gasteiger partial charge in [0, 0.05) is 24.7 Å². The summed E-state index contributed by atoms with van der Waals surface area (Å²) in [7, 11) is 0. The number of non-ortho nitro benzene ring substituents is 1. The number of nitro groups is 2. The molecule has 0 saturated heterocycles. The van der Waals surface area contributed by atoms with Crippen molar-refractivity contribution in [3.63, 3.8) is 0 Å². The Hall–Kier alpha value is -2.53. The second-order valence-corrected chi connectivity index (χ2v) is 4.69. The van der Waals surface area contributed by atoms with Crippen LogP contribution in [0, 0.1) is 37.5 Å². The van der Waals surface area contributed by atoms with E-state index in [1.807, 2.05) is 11.8 Å². The van der Waals surface area contributed by atoms with Crippen molar-refractivity contribution in [1.82, 2.24) is 4.90 Å². The minimum Gasteiger partial charge on any atom is -0.298 e. The van der Waals surface area contributed by atoms with Gasteiger partial charge in [0.1, 0.15) is 0 Å². The van der Waals surface area contributed by atoms with Crippen LogP contribution in [0.4, 0.5) is 11.4 Å². The lowest BCUT2D eigenvalue weighted by Gasteiger charge is -2.21. The molecule has 0 amide bonds. The van der Waals surface area contributed by atoms with Gasteiger partial charge in [-0.3, -0.25) is 25.1 Å². The van der Waals surface area contributed by atoms with Crippen molar-refractivity contribution in [3.05, 3.63) is 44.0 Å². The second-order valence-electron chi connectivity index (χ2n) is 4.69. The van der Waals surface area contributed by atoms with Crippen molar-refractivity contribution >= 4 is 11.4 Å². The van der Waals surface area contributed by atoms with Crippen LogP contribution in [-0.2, 0) is 6.54 Å². The maximum Gasteiger partial charge on any atom is 0.280 e. The zero-order valence-electron chi connectivity index (χ0n) is 11.9. The Morgan fingerprint density at radius 1 is 1.33 bits per heavy atom. The first-order valence-corrected chi connectivity index (χ1v) is 6.42. The molecule has 0 aliphatic rings. The van der Waals surface area contributed by atoms with Crippen LogP contribution < -0.4 is 0 Å². The highest BCUT2D eigenvalue weighted by molar-refractivity contribution is 5.49. The number of rotatable bonds is 7. The maximum atomic E-state index is 11.1. The van der Waals surface area contributed by atoms with E-state index in [-0.39, 0.29) is 23.8 Å². The molecule has 0 aliphatic heterocycles. The zero-order valence-corrected chi connectivity index (χ0v) is 11.9. The van der Waals surface area contributed by atoms with E-state index in [9.17, 15) is 20.2 Å². The van der Waals surface area contributed by atoms with Gasteiger partial charge in [-0.15, -0.1) is 0 Å². The zero-order chi connectivity index (χ0) is 16.0. The average Bonchev–Trinajstić information content (AvgIpc) is 2.45. The average molecular weight is 292 g/mol. The van der Waals surface area contributed by atoms with Crippen molar-refractivity contribution < 1.29 is 9.85 Å². The SMILES string of the molecule is CCN(Cc1ccc([N+](=O)[O-])cc1[N+](=O)[O-])CC(C)C#N. The topological polar surface area (TPSA) is 113 Å². The molecule has 8 heteroatoms. The van der Waals surface area contributed by atoms with Crippen LogP contribution in [0.25, 0.3) is 0 Å². The molecule has 1 aromatic carbocycles. The van der Waals surface area contributed by atoms with E-state index in [1.165, 1.54) is 12.1 Å². The van der Waals surface area contributed by atoms with E-state index in [1.54, 1.807) is 6.92 Å². The van der Waals surface area contributed by atoms with Crippen molar-refractivity contribution in [1.29, 1.82) is 5.26 Å². The maximum absolute atomic E-state index is 11.1. The third-order valence-electron chi connectivity index (χ3n) is 3.07. The van der Waals surface area contributed by atoms with Crippen molar-refractivity contribution in [3.8, 4) is 6.07 Å². The van der Waals surface area contributed by atoms with Crippen molar-refractivity contribution in [2.75, 3.05) is 13.1 Å². The molecule has 1 atom stereocenters. The fourth-order valence-electron chi connectivity index (χ4n) is 1.94. The molecule has 0 radical (unpaired) electrons. The fraction of sp³-hybridized carbons (Fsp3) is 0.462. The molecule has 0 bridgehead atoms. The van der Waals surface area contributed by atoms with E-state index in [0.29, 0.717) is 18.7 Å². The molecule has 112 valence electrons. The normalized spacial score (nSPS) is 11.9. The lowest BCUT2D eigenvalue weighted by molar-refractivity contribution is -0.394. The van der Waals surface area contributed by atoms with Crippen LogP contribution in [0.2, 0.25) is 0 Å². The van der Waals surface area contributed by atoms with Crippen LogP contribution in [0.15, 0.2) is 18.2 Å². The summed E-state index contributed by atoms with van der Waals surface area (Å²) in [5.41, 5.74) is -0.177. The quantitative estimate of drug-likeness (QED) is 0.563. The van der Waals surface area contributed by atoms with Crippen LogP contribution >= 0.6 is 0 Å². The molecule has 1 unspecified atom stereocenters. The summed E-state index contributed by atoms with van der Waals surface area (Å²) in [6.45, 7) is 5.05. The van der Waals surface area contributed by atoms with Gasteiger partial charge in [0.2, 0.25) is 0 Å². The number of nitro benzene ring substituents is 2. The first-order valence-electron chi connectivity index (χ1n) is 6.42. The summed E-state index contributed by atoms with van der Waals surface area (Å²) in [5, 5.41) is 30.6. The van der Waals surface area contributed by atoms with Gasteiger partial charge in [-0.2, -0.15) is 5.26 Å². The second kappa shape index (κ2) is 7.31. The Bertz CT molecular complexity index is 582. The monoisotopic (exact) mass is 292 g/mol. The molecule has 0 heterocycles. The molecular weight excluding hydrogens is 276 g/mol.